The van der Waals surface area contributed by atoms with Gasteiger partial charge in [0.05, 0.1) is 25.5 Å². The zero-order valence-electron chi connectivity index (χ0n) is 15.4. The molecule has 1 aromatic carbocycles. The maximum Gasteiger partial charge on any atom is 0.253 e. The van der Waals surface area contributed by atoms with Gasteiger partial charge in [-0.05, 0) is 35.8 Å². The third-order valence-electron chi connectivity index (χ3n) is 4.72. The van der Waals surface area contributed by atoms with E-state index in [1.54, 1.807) is 36.7 Å². The lowest BCUT2D eigenvalue weighted by Crippen LogP contribution is -2.21. The molecule has 3 aromatic rings. The molecule has 1 aliphatic rings. The Morgan fingerprint density at radius 2 is 2.00 bits per heavy atom. The summed E-state index contributed by atoms with van der Waals surface area (Å²) in [5.41, 5.74) is 2.45. The molecule has 2 aromatic heterocycles. The van der Waals surface area contributed by atoms with Crippen molar-refractivity contribution in [2.24, 2.45) is 0 Å². The highest BCUT2D eigenvalue weighted by atomic mass is 32.2. The molecule has 0 N–H and O–H groups in total. The molecule has 0 radical (unpaired) electrons. The second kappa shape index (κ2) is 7.19. The molecular weight excluding hydrogens is 364 g/mol. The molecule has 0 saturated heterocycles. The molecule has 8 heteroatoms. The van der Waals surface area contributed by atoms with Crippen LogP contribution in [0.5, 0.6) is 11.5 Å². The number of carbonyl (C=O) groups excluding carboxylic acids is 1. The monoisotopic (exact) mass is 384 g/mol. The van der Waals surface area contributed by atoms with E-state index in [-0.39, 0.29) is 11.7 Å². The van der Waals surface area contributed by atoms with Gasteiger partial charge in [-0.3, -0.25) is 4.79 Å². The second-order valence-corrected chi connectivity index (χ2v) is 7.55. The third-order valence-corrected chi connectivity index (χ3v) is 5.44. The minimum Gasteiger partial charge on any atom is -0.493 e. The van der Waals surface area contributed by atoms with E-state index >= 15 is 0 Å². The van der Waals surface area contributed by atoms with Crippen LogP contribution in [0.3, 0.4) is 0 Å². The number of hydrogen-bond acceptors (Lipinski definition) is 7. The summed E-state index contributed by atoms with van der Waals surface area (Å²) in [5.74, 6) is 2.88. The number of hydrogen-bond donors (Lipinski definition) is 0. The number of carbonyl (C=O) groups is 1. The van der Waals surface area contributed by atoms with Gasteiger partial charge in [-0.15, -0.1) is 5.10 Å². The zero-order valence-corrected chi connectivity index (χ0v) is 16.2. The standard InChI is InChI=1S/C19H20N4O3S/c1-4-27-19-21-18-20-14-7-12(8-15(24)13(14)10-23(18)22-19)11-5-6-16(25-2)17(9-11)26-3/h5-6,9-10,12H,4,7-8H2,1-3H3/t12-/m0/s1. The summed E-state index contributed by atoms with van der Waals surface area (Å²) in [6, 6.07) is 5.79. The number of ether oxygens (including phenoxy) is 2. The Bertz CT molecular complexity index is 1020. The van der Waals surface area contributed by atoms with Crippen LogP contribution in [0.2, 0.25) is 0 Å². The minimum atomic E-state index is 0.0483. The van der Waals surface area contributed by atoms with Crippen LogP contribution in [-0.4, -0.2) is 45.3 Å². The van der Waals surface area contributed by atoms with E-state index < -0.39 is 0 Å². The zero-order chi connectivity index (χ0) is 19.0. The van der Waals surface area contributed by atoms with Crippen molar-refractivity contribution in [1.82, 2.24) is 19.6 Å². The number of aromatic nitrogens is 4. The van der Waals surface area contributed by atoms with E-state index in [1.165, 1.54) is 0 Å². The lowest BCUT2D eigenvalue weighted by atomic mass is 9.82. The van der Waals surface area contributed by atoms with E-state index in [4.69, 9.17) is 9.47 Å². The molecule has 0 saturated carbocycles. The van der Waals surface area contributed by atoms with Gasteiger partial charge < -0.3 is 9.47 Å². The smallest absolute Gasteiger partial charge is 0.253 e. The number of fused-ring (bicyclic) bond motifs is 2. The maximum atomic E-state index is 12.8. The molecule has 140 valence electrons. The molecule has 4 rings (SSSR count). The lowest BCUT2D eigenvalue weighted by Gasteiger charge is -2.23. The number of thioether (sulfide) groups is 1. The molecule has 27 heavy (non-hydrogen) atoms. The van der Waals surface area contributed by atoms with Gasteiger partial charge in [0.1, 0.15) is 0 Å². The fraction of sp³-hybridized carbons (Fsp3) is 0.368. The summed E-state index contributed by atoms with van der Waals surface area (Å²) in [6.45, 7) is 2.05. The van der Waals surface area contributed by atoms with Crippen molar-refractivity contribution in [2.45, 2.75) is 30.8 Å². The van der Waals surface area contributed by atoms with Crippen molar-refractivity contribution in [1.29, 1.82) is 0 Å². The van der Waals surface area contributed by atoms with E-state index in [9.17, 15) is 4.79 Å². The molecule has 0 unspecified atom stereocenters. The van der Waals surface area contributed by atoms with E-state index in [0.29, 0.717) is 40.8 Å². The van der Waals surface area contributed by atoms with Crippen molar-refractivity contribution in [2.75, 3.05) is 20.0 Å². The second-order valence-electron chi connectivity index (χ2n) is 6.32. The van der Waals surface area contributed by atoms with Crippen LogP contribution in [0, 0.1) is 0 Å². The van der Waals surface area contributed by atoms with Gasteiger partial charge in [0.2, 0.25) is 5.16 Å². The number of ketones is 1. The van der Waals surface area contributed by atoms with Crippen LogP contribution in [-0.2, 0) is 6.42 Å². The number of methoxy groups -OCH3 is 2. The van der Waals surface area contributed by atoms with Gasteiger partial charge in [-0.2, -0.15) is 4.98 Å². The average molecular weight is 384 g/mol. The molecule has 2 heterocycles. The first-order chi connectivity index (χ1) is 13.1. The molecular formula is C19H20N4O3S. The largest absolute Gasteiger partial charge is 0.493 e. The Morgan fingerprint density at radius 3 is 2.74 bits per heavy atom. The number of nitrogens with zero attached hydrogens (tertiary/aromatic N) is 4. The Kier molecular flexibility index (Phi) is 4.73. The SMILES string of the molecule is CCSc1nc2nc3c(cn2n1)C(=O)C[C@@H](c1ccc(OC)c(OC)c1)C3. The Hall–Kier alpha value is -2.61. The molecule has 0 aliphatic heterocycles. The van der Waals surface area contributed by atoms with Crippen LogP contribution in [0.25, 0.3) is 5.78 Å². The van der Waals surface area contributed by atoms with Crippen molar-refractivity contribution in [3.63, 3.8) is 0 Å². The maximum absolute atomic E-state index is 12.8. The summed E-state index contributed by atoms with van der Waals surface area (Å²) < 4.78 is 12.3. The number of Topliss-reactive ketones (excluding diaryl/α,β-unsaturated/α-hetero) is 1. The highest BCUT2D eigenvalue weighted by Crippen LogP contribution is 2.36. The third kappa shape index (κ3) is 3.25. The Balaban J connectivity index is 1.69. The van der Waals surface area contributed by atoms with Gasteiger partial charge in [-0.25, -0.2) is 9.50 Å². The predicted molar refractivity (Wildman–Crippen MR) is 102 cm³/mol. The predicted octanol–water partition coefficient (Wildman–Crippen LogP) is 3.17. The topological polar surface area (TPSA) is 78.6 Å². The minimum absolute atomic E-state index is 0.0483. The van der Waals surface area contributed by atoms with Crippen molar-refractivity contribution in [3.05, 3.63) is 41.2 Å². The quantitative estimate of drug-likeness (QED) is 0.625. The van der Waals surface area contributed by atoms with E-state index in [2.05, 4.69) is 15.1 Å². The van der Waals surface area contributed by atoms with Crippen LogP contribution < -0.4 is 9.47 Å². The number of rotatable bonds is 5. The van der Waals surface area contributed by atoms with Gasteiger partial charge in [-0.1, -0.05) is 24.8 Å². The molecule has 0 bridgehead atoms. The number of benzene rings is 1. The molecule has 1 atom stereocenters. The van der Waals surface area contributed by atoms with E-state index in [1.807, 2.05) is 25.1 Å². The Labute approximate surface area is 161 Å². The average Bonchev–Trinajstić information content (AvgIpc) is 3.07. The first-order valence-electron chi connectivity index (χ1n) is 8.77. The van der Waals surface area contributed by atoms with E-state index in [0.717, 1.165) is 17.0 Å². The molecule has 0 fully saturated rings. The molecule has 1 aliphatic carbocycles. The van der Waals surface area contributed by atoms with Crippen LogP contribution in [0.15, 0.2) is 29.6 Å². The fourth-order valence-corrected chi connectivity index (χ4v) is 3.95. The first kappa shape index (κ1) is 17.8. The van der Waals surface area contributed by atoms with Gasteiger partial charge in [0, 0.05) is 12.6 Å². The summed E-state index contributed by atoms with van der Waals surface area (Å²) in [6.07, 6.45) is 2.87. The molecule has 0 spiro atoms. The lowest BCUT2D eigenvalue weighted by molar-refractivity contribution is 0.0962. The fourth-order valence-electron chi connectivity index (χ4n) is 3.40. The summed E-state index contributed by atoms with van der Waals surface area (Å²) in [5, 5.41) is 5.06. The Morgan fingerprint density at radius 1 is 1.19 bits per heavy atom. The molecule has 7 nitrogen and oxygen atoms in total. The highest BCUT2D eigenvalue weighted by molar-refractivity contribution is 7.99. The normalized spacial score (nSPS) is 16.4. The summed E-state index contributed by atoms with van der Waals surface area (Å²) in [7, 11) is 3.22. The first-order valence-corrected chi connectivity index (χ1v) is 9.75. The molecule has 0 amide bonds. The van der Waals surface area contributed by atoms with Crippen LogP contribution >= 0.6 is 11.8 Å². The van der Waals surface area contributed by atoms with Crippen molar-refractivity contribution in [3.8, 4) is 11.5 Å². The van der Waals surface area contributed by atoms with Gasteiger partial charge in [0.25, 0.3) is 5.78 Å². The summed E-state index contributed by atoms with van der Waals surface area (Å²) in [4.78, 5) is 21.8. The van der Waals surface area contributed by atoms with Gasteiger partial charge in [0.15, 0.2) is 17.3 Å². The van der Waals surface area contributed by atoms with Crippen molar-refractivity contribution < 1.29 is 14.3 Å². The highest BCUT2D eigenvalue weighted by Gasteiger charge is 2.29. The van der Waals surface area contributed by atoms with Crippen LogP contribution in [0.4, 0.5) is 0 Å². The van der Waals surface area contributed by atoms with Crippen molar-refractivity contribution >= 4 is 23.3 Å². The summed E-state index contributed by atoms with van der Waals surface area (Å²) >= 11 is 1.56. The van der Waals surface area contributed by atoms with Crippen LogP contribution in [0.1, 0.15) is 40.9 Å². The van der Waals surface area contributed by atoms with Gasteiger partial charge >= 0.3 is 0 Å².